The van der Waals surface area contributed by atoms with Crippen LogP contribution in [0.15, 0.2) is 36.4 Å². The quantitative estimate of drug-likeness (QED) is 0.663. The molecule has 0 spiro atoms. The van der Waals surface area contributed by atoms with E-state index >= 15 is 0 Å². The van der Waals surface area contributed by atoms with Crippen LogP contribution in [0.25, 0.3) is 5.69 Å². The normalized spacial score (nSPS) is 18.2. The van der Waals surface area contributed by atoms with Gasteiger partial charge >= 0.3 is 0 Å². The molecule has 2 aliphatic heterocycles. The Morgan fingerprint density at radius 1 is 1.00 bits per heavy atom. The van der Waals surface area contributed by atoms with E-state index in [0.717, 1.165) is 49.2 Å². The van der Waals surface area contributed by atoms with Gasteiger partial charge < -0.3 is 15.5 Å². The Labute approximate surface area is 192 Å². The summed E-state index contributed by atoms with van der Waals surface area (Å²) in [6, 6.07) is 12.3. The zero-order chi connectivity index (χ0) is 22.4. The molecule has 1 atom stereocenters. The van der Waals surface area contributed by atoms with Gasteiger partial charge in [-0.1, -0.05) is 23.7 Å². The van der Waals surface area contributed by atoms with Crippen LogP contribution >= 0.6 is 11.6 Å². The largest absolute Gasteiger partial charge is 0.369 e. The molecule has 2 aliphatic rings. The second-order valence-electron chi connectivity index (χ2n) is 8.73. The van der Waals surface area contributed by atoms with Crippen molar-refractivity contribution in [2.45, 2.75) is 26.7 Å². The number of halogens is 1. The van der Waals surface area contributed by atoms with Crippen LogP contribution < -0.4 is 15.5 Å². The average Bonchev–Trinajstić information content (AvgIpc) is 3.11. The van der Waals surface area contributed by atoms with Gasteiger partial charge in [0, 0.05) is 49.2 Å². The minimum absolute atomic E-state index is 0.323. The molecule has 7 nitrogen and oxygen atoms in total. The van der Waals surface area contributed by atoms with E-state index in [1.165, 1.54) is 16.8 Å². The Balaban J connectivity index is 1.46. The Morgan fingerprint density at radius 2 is 1.75 bits per heavy atom. The summed E-state index contributed by atoms with van der Waals surface area (Å²) in [5.74, 6) is 0.930. The number of carbonyl (C=O) groups excluding carboxylic acids is 1. The number of benzene rings is 2. The van der Waals surface area contributed by atoms with Gasteiger partial charge in [0.1, 0.15) is 5.82 Å². The number of anilines is 2. The standard InChI is InChI=1S/C24H27ClN6O/c1-15-4-3-5-20(16(15)2)29-8-10-30(11-9-29)24-28-27-22-14-18(23(26)32)12-17-13-19(25)6-7-21(17)31(22)24/h3-7,13,18H,8-12,14H2,1-2H3,(H2,26,32). The van der Waals surface area contributed by atoms with Gasteiger partial charge in [0.15, 0.2) is 0 Å². The molecule has 1 fully saturated rings. The summed E-state index contributed by atoms with van der Waals surface area (Å²) in [6.45, 7) is 7.84. The number of nitrogens with zero attached hydrogens (tertiary/aromatic N) is 5. The summed E-state index contributed by atoms with van der Waals surface area (Å²) in [6.07, 6.45) is 1.02. The van der Waals surface area contributed by atoms with Gasteiger partial charge in [0.25, 0.3) is 0 Å². The van der Waals surface area contributed by atoms with Crippen molar-refractivity contribution in [3.8, 4) is 5.69 Å². The van der Waals surface area contributed by atoms with Crippen LogP contribution in [0.1, 0.15) is 22.5 Å². The minimum atomic E-state index is -0.327. The summed E-state index contributed by atoms with van der Waals surface area (Å²) < 4.78 is 2.09. The van der Waals surface area contributed by atoms with E-state index in [0.29, 0.717) is 17.9 Å². The maximum atomic E-state index is 12.1. The van der Waals surface area contributed by atoms with Crippen molar-refractivity contribution in [2.24, 2.45) is 11.7 Å². The number of aromatic nitrogens is 3. The highest BCUT2D eigenvalue weighted by Crippen LogP contribution is 2.33. The highest BCUT2D eigenvalue weighted by molar-refractivity contribution is 6.30. The predicted octanol–water partition coefficient (Wildman–Crippen LogP) is 3.06. The highest BCUT2D eigenvalue weighted by atomic mass is 35.5. The minimum Gasteiger partial charge on any atom is -0.369 e. The molecule has 166 valence electrons. The number of nitrogens with two attached hydrogens (primary N) is 1. The number of piperazine rings is 1. The molecule has 1 unspecified atom stereocenters. The fraction of sp³-hybridized carbons (Fsp3) is 0.375. The first-order chi connectivity index (χ1) is 15.4. The summed E-state index contributed by atoms with van der Waals surface area (Å²) in [4.78, 5) is 16.8. The van der Waals surface area contributed by atoms with E-state index in [4.69, 9.17) is 17.3 Å². The first kappa shape index (κ1) is 20.8. The summed E-state index contributed by atoms with van der Waals surface area (Å²) in [5.41, 5.74) is 11.6. The van der Waals surface area contributed by atoms with Crippen LogP contribution in [-0.4, -0.2) is 46.9 Å². The van der Waals surface area contributed by atoms with Crippen molar-refractivity contribution in [1.82, 2.24) is 14.8 Å². The molecule has 0 aliphatic carbocycles. The van der Waals surface area contributed by atoms with Gasteiger partial charge in [-0.2, -0.15) is 0 Å². The van der Waals surface area contributed by atoms with E-state index in [9.17, 15) is 4.79 Å². The van der Waals surface area contributed by atoms with E-state index in [1.807, 2.05) is 18.2 Å². The highest BCUT2D eigenvalue weighted by Gasteiger charge is 2.31. The van der Waals surface area contributed by atoms with Gasteiger partial charge in [-0.25, -0.2) is 0 Å². The van der Waals surface area contributed by atoms with E-state index in [2.05, 4.69) is 56.6 Å². The number of aryl methyl sites for hydroxylation is 1. The SMILES string of the molecule is Cc1cccc(N2CCN(c3nnc4n3-c3ccc(Cl)cc3CC(C(N)=O)C4)CC2)c1C. The molecule has 1 aromatic heterocycles. The van der Waals surface area contributed by atoms with Crippen molar-refractivity contribution < 1.29 is 4.79 Å². The average molecular weight is 451 g/mol. The van der Waals surface area contributed by atoms with Crippen LogP contribution in [0.2, 0.25) is 5.02 Å². The van der Waals surface area contributed by atoms with Crippen LogP contribution in [0, 0.1) is 19.8 Å². The first-order valence-electron chi connectivity index (χ1n) is 11.0. The number of primary amides is 1. The molecule has 32 heavy (non-hydrogen) atoms. The number of carbonyl (C=O) groups is 1. The molecule has 0 bridgehead atoms. The Kier molecular flexibility index (Phi) is 5.29. The topological polar surface area (TPSA) is 80.3 Å². The van der Waals surface area contributed by atoms with E-state index < -0.39 is 0 Å². The third-order valence-corrected chi connectivity index (χ3v) is 7.01. The smallest absolute Gasteiger partial charge is 0.232 e. The molecule has 2 aromatic carbocycles. The van der Waals surface area contributed by atoms with Gasteiger partial charge in [0.2, 0.25) is 11.9 Å². The lowest BCUT2D eigenvalue weighted by atomic mass is 9.96. The van der Waals surface area contributed by atoms with Gasteiger partial charge in [-0.3, -0.25) is 9.36 Å². The lowest BCUT2D eigenvalue weighted by Crippen LogP contribution is -2.47. The molecule has 5 rings (SSSR count). The van der Waals surface area contributed by atoms with Crippen molar-refractivity contribution in [3.63, 3.8) is 0 Å². The monoisotopic (exact) mass is 450 g/mol. The second-order valence-corrected chi connectivity index (χ2v) is 9.16. The summed E-state index contributed by atoms with van der Waals surface area (Å²) >= 11 is 6.27. The molecule has 0 radical (unpaired) electrons. The number of hydrogen-bond acceptors (Lipinski definition) is 5. The predicted molar refractivity (Wildman–Crippen MR) is 127 cm³/mol. The molecule has 0 saturated carbocycles. The van der Waals surface area contributed by atoms with Crippen molar-refractivity contribution >= 4 is 29.1 Å². The fourth-order valence-electron chi connectivity index (χ4n) is 4.81. The molecule has 1 saturated heterocycles. The Hall–Kier alpha value is -3.06. The second kappa shape index (κ2) is 8.13. The van der Waals surface area contributed by atoms with Crippen molar-refractivity contribution in [2.75, 3.05) is 36.0 Å². The van der Waals surface area contributed by atoms with Crippen LogP contribution in [0.3, 0.4) is 0 Å². The third kappa shape index (κ3) is 3.60. The summed E-state index contributed by atoms with van der Waals surface area (Å²) in [5, 5.41) is 9.65. The molecule has 3 aromatic rings. The van der Waals surface area contributed by atoms with Gasteiger partial charge in [-0.15, -0.1) is 10.2 Å². The lowest BCUT2D eigenvalue weighted by molar-refractivity contribution is -0.121. The Bertz CT molecular complexity index is 1180. The number of amides is 1. The molecular formula is C24H27ClN6O. The molecule has 8 heteroatoms. The third-order valence-electron chi connectivity index (χ3n) is 6.77. The zero-order valence-corrected chi connectivity index (χ0v) is 19.1. The van der Waals surface area contributed by atoms with Crippen LogP contribution in [0.4, 0.5) is 11.6 Å². The number of hydrogen-bond donors (Lipinski definition) is 1. The van der Waals surface area contributed by atoms with Gasteiger partial charge in [0.05, 0.1) is 5.69 Å². The number of fused-ring (bicyclic) bond motifs is 3. The van der Waals surface area contributed by atoms with Crippen LogP contribution in [-0.2, 0) is 17.6 Å². The van der Waals surface area contributed by atoms with Gasteiger partial charge in [-0.05, 0) is 61.2 Å². The van der Waals surface area contributed by atoms with Crippen molar-refractivity contribution in [1.29, 1.82) is 0 Å². The van der Waals surface area contributed by atoms with Crippen LogP contribution in [0.5, 0.6) is 0 Å². The number of rotatable bonds is 3. The lowest BCUT2D eigenvalue weighted by Gasteiger charge is -2.37. The van der Waals surface area contributed by atoms with Crippen molar-refractivity contribution in [3.05, 3.63) is 63.9 Å². The maximum Gasteiger partial charge on any atom is 0.232 e. The molecule has 3 heterocycles. The fourth-order valence-corrected chi connectivity index (χ4v) is 5.01. The first-order valence-corrected chi connectivity index (χ1v) is 11.4. The van der Waals surface area contributed by atoms with E-state index in [1.54, 1.807) is 0 Å². The Morgan fingerprint density at radius 3 is 2.50 bits per heavy atom. The maximum absolute atomic E-state index is 12.1. The summed E-state index contributed by atoms with van der Waals surface area (Å²) in [7, 11) is 0. The zero-order valence-electron chi connectivity index (χ0n) is 18.4. The van der Waals surface area contributed by atoms with E-state index in [-0.39, 0.29) is 11.8 Å². The molecular weight excluding hydrogens is 424 g/mol. The molecule has 1 amide bonds. The molecule has 2 N–H and O–H groups in total.